The van der Waals surface area contributed by atoms with Crippen LogP contribution >= 0.6 is 11.6 Å². The third kappa shape index (κ3) is 2.97. The van der Waals surface area contributed by atoms with Crippen LogP contribution in [0.1, 0.15) is 17.2 Å². The summed E-state index contributed by atoms with van der Waals surface area (Å²) in [6.45, 7) is 1.62. The average molecular weight is 400 g/mol. The molecule has 0 saturated carbocycles. The van der Waals surface area contributed by atoms with E-state index in [1.165, 1.54) is 5.06 Å². The quantitative estimate of drug-likeness (QED) is 0.793. The minimum atomic E-state index is -1.02. The van der Waals surface area contributed by atoms with E-state index >= 15 is 0 Å². The van der Waals surface area contributed by atoms with Crippen LogP contribution in [0.25, 0.3) is 0 Å². The van der Waals surface area contributed by atoms with Gasteiger partial charge in [-0.05, 0) is 30.2 Å². The molecule has 3 amide bonds. The van der Waals surface area contributed by atoms with Gasteiger partial charge in [-0.1, -0.05) is 48.0 Å². The minimum absolute atomic E-state index is 0.219. The first-order chi connectivity index (χ1) is 13.4. The van der Waals surface area contributed by atoms with Crippen molar-refractivity contribution in [2.45, 2.75) is 19.1 Å². The molecule has 7 nitrogen and oxygen atoms in total. The summed E-state index contributed by atoms with van der Waals surface area (Å²) in [6, 6.07) is 13.6. The molecule has 3 atom stereocenters. The van der Waals surface area contributed by atoms with Gasteiger partial charge in [0, 0.05) is 5.02 Å². The van der Waals surface area contributed by atoms with Crippen LogP contribution in [0.4, 0.5) is 5.69 Å². The number of anilines is 1. The number of benzene rings is 2. The number of aryl methyl sites for hydroxylation is 1. The smallest absolute Gasteiger partial charge is 0.265 e. The first kappa shape index (κ1) is 18.6. The molecule has 2 aromatic rings. The maximum absolute atomic E-state index is 13.2. The summed E-state index contributed by atoms with van der Waals surface area (Å²) < 4.78 is 0. The molecule has 4 rings (SSSR count). The number of nitrogens with zero attached hydrogens (tertiary/aromatic N) is 2. The van der Waals surface area contributed by atoms with Crippen LogP contribution in [0.5, 0.6) is 0 Å². The maximum Gasteiger partial charge on any atom is 0.265 e. The summed E-state index contributed by atoms with van der Waals surface area (Å²) in [5.74, 6) is -2.27. The number of carbonyl (C=O) groups excluding carboxylic acids is 3. The van der Waals surface area contributed by atoms with E-state index in [1.807, 2.05) is 37.3 Å². The van der Waals surface area contributed by atoms with Gasteiger partial charge >= 0.3 is 0 Å². The molecule has 0 aliphatic carbocycles. The van der Waals surface area contributed by atoms with Crippen LogP contribution in [0, 0.1) is 12.8 Å². The summed E-state index contributed by atoms with van der Waals surface area (Å²) in [6.07, 6.45) is -1.02. The Bertz CT molecular complexity index is 965. The molecule has 2 aliphatic rings. The second-order valence-corrected chi connectivity index (χ2v) is 7.30. The lowest BCUT2D eigenvalue weighted by Crippen LogP contribution is -2.40. The third-order valence-electron chi connectivity index (χ3n) is 5.06. The van der Waals surface area contributed by atoms with Crippen LogP contribution in [0.3, 0.4) is 0 Å². The third-order valence-corrected chi connectivity index (χ3v) is 5.47. The van der Waals surface area contributed by atoms with Crippen molar-refractivity contribution < 1.29 is 19.2 Å². The number of carbonyl (C=O) groups is 3. The van der Waals surface area contributed by atoms with Crippen molar-refractivity contribution in [2.75, 3.05) is 11.4 Å². The molecule has 0 radical (unpaired) electrons. The second-order valence-electron chi connectivity index (χ2n) is 6.89. The van der Waals surface area contributed by atoms with E-state index in [0.29, 0.717) is 10.7 Å². The van der Waals surface area contributed by atoms with Crippen molar-refractivity contribution in [3.63, 3.8) is 0 Å². The Balaban J connectivity index is 1.73. The molecule has 2 aromatic carbocycles. The zero-order chi connectivity index (χ0) is 20.0. The van der Waals surface area contributed by atoms with Crippen molar-refractivity contribution in [3.05, 3.63) is 64.7 Å². The van der Waals surface area contributed by atoms with Crippen molar-refractivity contribution >= 4 is 35.0 Å². The second kappa shape index (κ2) is 7.01. The zero-order valence-electron chi connectivity index (χ0n) is 15.0. The van der Waals surface area contributed by atoms with Gasteiger partial charge in [0.1, 0.15) is 6.54 Å². The van der Waals surface area contributed by atoms with Crippen LogP contribution in [-0.4, -0.2) is 35.4 Å². The molecule has 0 aromatic heterocycles. The minimum Gasteiger partial charge on any atom is -0.368 e. The lowest BCUT2D eigenvalue weighted by Gasteiger charge is -2.26. The highest BCUT2D eigenvalue weighted by atomic mass is 35.5. The normalized spacial score (nSPS) is 24.6. The summed E-state index contributed by atoms with van der Waals surface area (Å²) in [5.41, 5.74) is 7.33. The largest absolute Gasteiger partial charge is 0.368 e. The molecule has 0 bridgehead atoms. The van der Waals surface area contributed by atoms with Gasteiger partial charge in [-0.2, -0.15) is 5.06 Å². The highest BCUT2D eigenvalue weighted by molar-refractivity contribution is 6.32. The highest BCUT2D eigenvalue weighted by Gasteiger charge is 2.60. The Morgan fingerprint density at radius 2 is 1.86 bits per heavy atom. The van der Waals surface area contributed by atoms with E-state index in [9.17, 15) is 14.4 Å². The number of primary amides is 1. The molecule has 28 heavy (non-hydrogen) atoms. The van der Waals surface area contributed by atoms with Crippen LogP contribution in [-0.2, 0) is 19.2 Å². The summed E-state index contributed by atoms with van der Waals surface area (Å²) in [7, 11) is 0. The van der Waals surface area contributed by atoms with Gasteiger partial charge in [-0.25, -0.2) is 4.90 Å². The summed E-state index contributed by atoms with van der Waals surface area (Å²) in [4.78, 5) is 44.6. The van der Waals surface area contributed by atoms with E-state index in [2.05, 4.69) is 0 Å². The van der Waals surface area contributed by atoms with E-state index in [0.717, 1.165) is 16.0 Å². The molecular weight excluding hydrogens is 382 g/mol. The van der Waals surface area contributed by atoms with Crippen molar-refractivity contribution in [2.24, 2.45) is 11.7 Å². The van der Waals surface area contributed by atoms with Gasteiger partial charge in [-0.15, -0.1) is 0 Å². The number of rotatable bonds is 4. The van der Waals surface area contributed by atoms with Gasteiger partial charge in [0.05, 0.1) is 17.6 Å². The molecule has 0 spiro atoms. The topological polar surface area (TPSA) is 92.9 Å². The first-order valence-corrected chi connectivity index (χ1v) is 9.17. The number of hydrogen-bond donors (Lipinski definition) is 1. The Kier molecular flexibility index (Phi) is 4.66. The zero-order valence-corrected chi connectivity index (χ0v) is 15.8. The van der Waals surface area contributed by atoms with Gasteiger partial charge in [0.2, 0.25) is 11.8 Å². The predicted octanol–water partition coefficient (Wildman–Crippen LogP) is 1.98. The lowest BCUT2D eigenvalue weighted by molar-refractivity contribution is -0.175. The fourth-order valence-corrected chi connectivity index (χ4v) is 3.93. The number of nitrogens with two attached hydrogens (primary N) is 1. The number of hydroxylamine groups is 2. The predicted molar refractivity (Wildman–Crippen MR) is 102 cm³/mol. The number of imide groups is 1. The van der Waals surface area contributed by atoms with E-state index < -0.39 is 35.8 Å². The SMILES string of the molecule is Cc1ccc(N2C(=O)C3ON(CC(N)=O)C(c4ccccc4)C3C2=O)cc1Cl. The van der Waals surface area contributed by atoms with Crippen molar-refractivity contribution in [1.29, 1.82) is 0 Å². The van der Waals surface area contributed by atoms with Crippen LogP contribution in [0.15, 0.2) is 48.5 Å². The Morgan fingerprint density at radius 3 is 2.50 bits per heavy atom. The molecule has 2 fully saturated rings. The van der Waals surface area contributed by atoms with Gasteiger partial charge in [0.15, 0.2) is 6.10 Å². The fraction of sp³-hybridized carbons (Fsp3) is 0.250. The number of fused-ring (bicyclic) bond motifs is 1. The van der Waals surface area contributed by atoms with Gasteiger partial charge < -0.3 is 5.73 Å². The maximum atomic E-state index is 13.2. The standard InChI is InChI=1S/C20H18ClN3O4/c1-11-7-8-13(9-14(11)21)24-19(26)16-17(12-5-3-2-4-6-12)23(10-15(22)25)28-18(16)20(24)27/h2-9,16-18H,10H2,1H3,(H2,22,25). The number of amides is 3. The Labute approximate surface area is 166 Å². The van der Waals surface area contributed by atoms with E-state index in [-0.39, 0.29) is 6.54 Å². The fourth-order valence-electron chi connectivity index (χ4n) is 3.76. The average Bonchev–Trinajstić information content (AvgIpc) is 3.13. The first-order valence-electron chi connectivity index (χ1n) is 8.79. The molecule has 2 aliphatic heterocycles. The summed E-state index contributed by atoms with van der Waals surface area (Å²) in [5, 5.41) is 1.80. The van der Waals surface area contributed by atoms with Gasteiger partial charge in [-0.3, -0.25) is 19.2 Å². The summed E-state index contributed by atoms with van der Waals surface area (Å²) >= 11 is 6.17. The Morgan fingerprint density at radius 1 is 1.14 bits per heavy atom. The molecule has 3 unspecified atom stereocenters. The van der Waals surface area contributed by atoms with Crippen molar-refractivity contribution in [1.82, 2.24) is 5.06 Å². The van der Waals surface area contributed by atoms with E-state index in [1.54, 1.807) is 18.2 Å². The highest BCUT2D eigenvalue weighted by Crippen LogP contribution is 2.45. The molecule has 2 saturated heterocycles. The molecule has 2 heterocycles. The molecule has 2 N–H and O–H groups in total. The Hall–Kier alpha value is -2.74. The molecular formula is C20H18ClN3O4. The lowest BCUT2D eigenvalue weighted by atomic mass is 9.91. The van der Waals surface area contributed by atoms with Crippen LogP contribution in [0.2, 0.25) is 5.02 Å². The molecule has 144 valence electrons. The number of halogens is 1. The van der Waals surface area contributed by atoms with E-state index in [4.69, 9.17) is 22.2 Å². The van der Waals surface area contributed by atoms with Crippen LogP contribution < -0.4 is 10.6 Å². The molecule has 8 heteroatoms. The monoisotopic (exact) mass is 399 g/mol. The number of hydrogen-bond acceptors (Lipinski definition) is 5. The van der Waals surface area contributed by atoms with Gasteiger partial charge in [0.25, 0.3) is 5.91 Å². The van der Waals surface area contributed by atoms with Crippen molar-refractivity contribution in [3.8, 4) is 0 Å².